The van der Waals surface area contributed by atoms with Gasteiger partial charge in [0.15, 0.2) is 0 Å². The summed E-state index contributed by atoms with van der Waals surface area (Å²) in [4.78, 5) is 15.5. The van der Waals surface area contributed by atoms with Gasteiger partial charge in [0.1, 0.15) is 5.82 Å². The molecule has 0 saturated carbocycles. The van der Waals surface area contributed by atoms with Gasteiger partial charge in [0.2, 0.25) is 5.91 Å². The Morgan fingerprint density at radius 2 is 2.25 bits per heavy atom. The molecule has 0 aliphatic carbocycles. The van der Waals surface area contributed by atoms with Gasteiger partial charge < -0.3 is 10.6 Å². The second-order valence-electron chi connectivity index (χ2n) is 4.30. The van der Waals surface area contributed by atoms with Crippen LogP contribution in [-0.4, -0.2) is 23.6 Å². The van der Waals surface area contributed by atoms with E-state index in [0.29, 0.717) is 11.4 Å². The van der Waals surface area contributed by atoms with E-state index in [1.165, 1.54) is 23.9 Å². The van der Waals surface area contributed by atoms with Crippen molar-refractivity contribution in [2.24, 2.45) is 0 Å². The lowest BCUT2D eigenvalue weighted by Gasteiger charge is -2.16. The largest absolute Gasteiger partial charge is 0.396 e. The molecule has 0 radical (unpaired) electrons. The molecule has 0 saturated heterocycles. The molecule has 0 atom stereocenters. The van der Waals surface area contributed by atoms with Crippen LogP contribution in [0.2, 0.25) is 0 Å². The molecule has 0 aliphatic heterocycles. The summed E-state index contributed by atoms with van der Waals surface area (Å²) in [6, 6.07) is 8.54. The Balaban J connectivity index is 1.86. The normalized spacial score (nSPS) is 10.5. The number of nitrogens with two attached hydrogens (primary N) is 1. The third-order valence-corrected chi connectivity index (χ3v) is 4.57. The first-order valence-electron chi connectivity index (χ1n) is 6.00. The molecule has 1 amide bonds. The smallest absolute Gasteiger partial charge is 0.233 e. The van der Waals surface area contributed by atoms with Crippen molar-refractivity contribution in [2.75, 3.05) is 18.5 Å². The van der Waals surface area contributed by atoms with E-state index < -0.39 is 5.82 Å². The van der Waals surface area contributed by atoms with Crippen LogP contribution in [0.5, 0.6) is 0 Å². The van der Waals surface area contributed by atoms with Crippen molar-refractivity contribution in [3.63, 3.8) is 0 Å². The fraction of sp³-hybridized carbons (Fsp3) is 0.214. The van der Waals surface area contributed by atoms with Gasteiger partial charge in [-0.25, -0.2) is 4.39 Å². The zero-order valence-electron chi connectivity index (χ0n) is 11.0. The molecule has 0 aliphatic rings. The van der Waals surface area contributed by atoms with Crippen LogP contribution >= 0.6 is 23.1 Å². The van der Waals surface area contributed by atoms with Crippen LogP contribution in [0.25, 0.3) is 0 Å². The van der Waals surface area contributed by atoms with Crippen LogP contribution in [0.3, 0.4) is 0 Å². The summed E-state index contributed by atoms with van der Waals surface area (Å²) in [5, 5.41) is 1.99. The topological polar surface area (TPSA) is 46.3 Å². The number of thiophene rings is 1. The molecule has 0 unspecified atom stereocenters. The summed E-state index contributed by atoms with van der Waals surface area (Å²) >= 11 is 2.93. The maximum absolute atomic E-state index is 13.3. The zero-order valence-corrected chi connectivity index (χ0v) is 12.6. The van der Waals surface area contributed by atoms with Crippen LogP contribution in [0.4, 0.5) is 10.1 Å². The summed E-state index contributed by atoms with van der Waals surface area (Å²) in [5.74, 6) is -0.152. The summed E-state index contributed by atoms with van der Waals surface area (Å²) in [7, 11) is 1.77. The highest BCUT2D eigenvalue weighted by Crippen LogP contribution is 2.22. The predicted molar refractivity (Wildman–Crippen MR) is 82.3 cm³/mol. The lowest BCUT2D eigenvalue weighted by molar-refractivity contribution is -0.127. The Morgan fingerprint density at radius 1 is 1.45 bits per heavy atom. The number of hydrogen-bond donors (Lipinski definition) is 1. The van der Waals surface area contributed by atoms with Gasteiger partial charge in [0.25, 0.3) is 0 Å². The highest BCUT2D eigenvalue weighted by Gasteiger charge is 2.11. The second kappa shape index (κ2) is 6.76. The van der Waals surface area contributed by atoms with E-state index in [0.717, 1.165) is 4.88 Å². The molecule has 1 aromatic carbocycles. The lowest BCUT2D eigenvalue weighted by Crippen LogP contribution is -2.27. The molecular weight excluding hydrogens is 295 g/mol. The average Bonchev–Trinajstić information content (AvgIpc) is 2.92. The maximum Gasteiger partial charge on any atom is 0.233 e. The third kappa shape index (κ3) is 3.98. The van der Waals surface area contributed by atoms with Crippen LogP contribution in [0.15, 0.2) is 40.6 Å². The molecule has 6 heteroatoms. The molecule has 2 rings (SSSR count). The van der Waals surface area contributed by atoms with Crippen LogP contribution in [0.1, 0.15) is 4.88 Å². The van der Waals surface area contributed by atoms with Gasteiger partial charge in [0, 0.05) is 16.8 Å². The van der Waals surface area contributed by atoms with Crippen molar-refractivity contribution in [3.8, 4) is 0 Å². The first-order valence-corrected chi connectivity index (χ1v) is 7.87. The van der Waals surface area contributed by atoms with E-state index in [1.54, 1.807) is 29.4 Å². The molecule has 0 bridgehead atoms. The van der Waals surface area contributed by atoms with Gasteiger partial charge in [-0.2, -0.15) is 0 Å². The van der Waals surface area contributed by atoms with E-state index in [2.05, 4.69) is 0 Å². The Bertz CT molecular complexity index is 587. The maximum atomic E-state index is 13.3. The fourth-order valence-electron chi connectivity index (χ4n) is 1.58. The minimum Gasteiger partial charge on any atom is -0.396 e. The number of carbonyl (C=O) groups excluding carboxylic acids is 1. The highest BCUT2D eigenvalue weighted by molar-refractivity contribution is 8.00. The Morgan fingerprint density at radius 3 is 2.90 bits per heavy atom. The second-order valence-corrected chi connectivity index (χ2v) is 6.38. The average molecular weight is 310 g/mol. The number of hydrogen-bond acceptors (Lipinski definition) is 4. The number of carbonyl (C=O) groups is 1. The van der Waals surface area contributed by atoms with Crippen molar-refractivity contribution in [1.29, 1.82) is 0 Å². The van der Waals surface area contributed by atoms with Crippen molar-refractivity contribution in [3.05, 3.63) is 46.4 Å². The van der Waals surface area contributed by atoms with Gasteiger partial charge in [-0.1, -0.05) is 6.07 Å². The summed E-state index contributed by atoms with van der Waals surface area (Å²) in [6.07, 6.45) is 0. The van der Waals surface area contributed by atoms with Gasteiger partial charge in [-0.3, -0.25) is 4.79 Å². The van der Waals surface area contributed by atoms with Gasteiger partial charge in [-0.15, -0.1) is 23.1 Å². The lowest BCUT2D eigenvalue weighted by atomic mass is 10.3. The van der Waals surface area contributed by atoms with Crippen molar-refractivity contribution < 1.29 is 9.18 Å². The number of nitrogen functional groups attached to an aromatic ring is 1. The molecule has 106 valence electrons. The third-order valence-electron chi connectivity index (χ3n) is 2.73. The molecule has 1 aromatic heterocycles. The number of thioether (sulfide) groups is 1. The summed E-state index contributed by atoms with van der Waals surface area (Å²) in [6.45, 7) is 0.604. The molecule has 2 N–H and O–H groups in total. The standard InChI is InChI=1S/C14H15FN2OS2/c1-17(8-11-3-2-6-19-11)14(18)9-20-10-4-5-13(16)12(15)7-10/h2-7H,8-9,16H2,1H3. The molecule has 3 nitrogen and oxygen atoms in total. The Kier molecular flexibility index (Phi) is 5.03. The zero-order chi connectivity index (χ0) is 14.5. The van der Waals surface area contributed by atoms with Gasteiger partial charge in [0.05, 0.1) is 18.0 Å². The number of halogens is 1. The monoisotopic (exact) mass is 310 g/mol. The fourth-order valence-corrected chi connectivity index (χ4v) is 3.20. The van der Waals surface area contributed by atoms with E-state index >= 15 is 0 Å². The number of benzene rings is 1. The van der Waals surface area contributed by atoms with Crippen LogP contribution in [0, 0.1) is 5.82 Å². The summed E-state index contributed by atoms with van der Waals surface area (Å²) < 4.78 is 13.3. The molecule has 1 heterocycles. The Labute approximate surface area is 125 Å². The van der Waals surface area contributed by atoms with Gasteiger partial charge in [-0.05, 0) is 29.6 Å². The minimum atomic E-state index is -0.450. The Hall–Kier alpha value is -1.53. The highest BCUT2D eigenvalue weighted by atomic mass is 32.2. The van der Waals surface area contributed by atoms with E-state index in [1.807, 2.05) is 17.5 Å². The predicted octanol–water partition coefficient (Wildman–Crippen LogP) is 3.22. The van der Waals surface area contributed by atoms with E-state index in [-0.39, 0.29) is 17.3 Å². The SMILES string of the molecule is CN(Cc1cccs1)C(=O)CSc1ccc(N)c(F)c1. The van der Waals surface area contributed by atoms with E-state index in [4.69, 9.17) is 5.73 Å². The number of amides is 1. The molecule has 0 fully saturated rings. The van der Waals surface area contributed by atoms with E-state index in [9.17, 15) is 9.18 Å². The summed E-state index contributed by atoms with van der Waals surface area (Å²) in [5.41, 5.74) is 5.53. The molecule has 0 spiro atoms. The molecule has 2 aromatic rings. The van der Waals surface area contributed by atoms with Crippen molar-refractivity contribution in [2.45, 2.75) is 11.4 Å². The molecule has 20 heavy (non-hydrogen) atoms. The first kappa shape index (κ1) is 14.9. The quantitative estimate of drug-likeness (QED) is 0.681. The number of rotatable bonds is 5. The number of anilines is 1. The van der Waals surface area contributed by atoms with Crippen LogP contribution < -0.4 is 5.73 Å². The van der Waals surface area contributed by atoms with Crippen molar-refractivity contribution >= 4 is 34.7 Å². The van der Waals surface area contributed by atoms with Gasteiger partial charge >= 0.3 is 0 Å². The van der Waals surface area contributed by atoms with Crippen molar-refractivity contribution in [1.82, 2.24) is 4.90 Å². The molecular formula is C14H15FN2OS2. The first-order chi connectivity index (χ1) is 9.56. The minimum absolute atomic E-state index is 0.0145. The van der Waals surface area contributed by atoms with Crippen LogP contribution in [-0.2, 0) is 11.3 Å². The number of nitrogens with zero attached hydrogens (tertiary/aromatic N) is 1.